The van der Waals surface area contributed by atoms with Crippen molar-refractivity contribution in [2.45, 2.75) is 18.2 Å². The van der Waals surface area contributed by atoms with Crippen LogP contribution in [-0.4, -0.2) is 41.0 Å². The van der Waals surface area contributed by atoms with Crippen LogP contribution in [0.1, 0.15) is 12.0 Å². The molecular weight excluding hydrogens is 280 g/mol. The fourth-order valence-electron chi connectivity index (χ4n) is 2.47. The van der Waals surface area contributed by atoms with Gasteiger partial charge < -0.3 is 9.88 Å². The van der Waals surface area contributed by atoms with Gasteiger partial charge in [-0.05, 0) is 17.7 Å². The molecule has 0 spiro atoms. The van der Waals surface area contributed by atoms with Gasteiger partial charge in [0.25, 0.3) is 0 Å². The number of hydrogen-bond acceptors (Lipinski definition) is 4. The molecule has 106 valence electrons. The van der Waals surface area contributed by atoms with E-state index in [1.165, 1.54) is 4.90 Å². The van der Waals surface area contributed by atoms with Crippen LogP contribution < -0.4 is 5.14 Å². The fourth-order valence-corrected chi connectivity index (χ4v) is 3.23. The Bertz CT molecular complexity index is 768. The minimum absolute atomic E-state index is 0.0415. The van der Waals surface area contributed by atoms with Crippen LogP contribution in [0.15, 0.2) is 24.5 Å². The third kappa shape index (κ3) is 2.27. The zero-order chi connectivity index (χ0) is 14.3. The van der Waals surface area contributed by atoms with Crippen molar-refractivity contribution in [2.24, 2.45) is 5.14 Å². The number of nitrogens with one attached hydrogen (secondary N) is 1. The van der Waals surface area contributed by atoms with Crippen LogP contribution in [-0.2, 0) is 21.4 Å². The second-order valence-electron chi connectivity index (χ2n) is 4.90. The van der Waals surface area contributed by atoms with Gasteiger partial charge in [0.05, 0.1) is 0 Å². The van der Waals surface area contributed by atoms with Gasteiger partial charge >= 0.3 is 0 Å². The first-order valence-electron chi connectivity index (χ1n) is 6.15. The predicted octanol–water partition coefficient (Wildman–Crippen LogP) is -0.0477. The molecule has 2 aromatic heterocycles. The van der Waals surface area contributed by atoms with Crippen LogP contribution in [0.2, 0.25) is 0 Å². The van der Waals surface area contributed by atoms with Crippen molar-refractivity contribution in [1.82, 2.24) is 14.9 Å². The number of amides is 1. The van der Waals surface area contributed by atoms with E-state index in [-0.39, 0.29) is 18.9 Å². The van der Waals surface area contributed by atoms with Crippen molar-refractivity contribution in [3.63, 3.8) is 0 Å². The third-order valence-corrected chi connectivity index (χ3v) is 4.80. The van der Waals surface area contributed by atoms with E-state index in [1.54, 1.807) is 12.4 Å². The molecule has 20 heavy (non-hydrogen) atoms. The molecule has 3 heterocycles. The summed E-state index contributed by atoms with van der Waals surface area (Å²) in [7, 11) is -3.67. The number of nitrogens with zero attached hydrogens (tertiary/aromatic N) is 2. The molecule has 1 aliphatic heterocycles. The lowest BCUT2D eigenvalue weighted by molar-refractivity contribution is -0.128. The van der Waals surface area contributed by atoms with E-state index < -0.39 is 15.3 Å². The Balaban J connectivity index is 1.85. The summed E-state index contributed by atoms with van der Waals surface area (Å²) in [6, 6.07) is 3.71. The molecule has 1 saturated heterocycles. The number of rotatable bonds is 3. The molecular formula is C12H14N4O3S. The first-order valence-corrected chi connectivity index (χ1v) is 7.76. The highest BCUT2D eigenvalue weighted by Gasteiger charge is 2.36. The van der Waals surface area contributed by atoms with Crippen LogP contribution in [0.3, 0.4) is 0 Å². The van der Waals surface area contributed by atoms with Gasteiger partial charge in [0.15, 0.2) is 0 Å². The second-order valence-corrected chi connectivity index (χ2v) is 6.74. The Labute approximate surface area is 115 Å². The molecule has 1 amide bonds. The second kappa shape index (κ2) is 4.57. The van der Waals surface area contributed by atoms with Gasteiger partial charge in [0.1, 0.15) is 10.9 Å². The highest BCUT2D eigenvalue weighted by molar-refractivity contribution is 7.89. The number of pyridine rings is 1. The van der Waals surface area contributed by atoms with Crippen LogP contribution in [0, 0.1) is 0 Å². The van der Waals surface area contributed by atoms with Gasteiger partial charge in [0.2, 0.25) is 15.9 Å². The molecule has 7 nitrogen and oxygen atoms in total. The largest absolute Gasteiger partial charge is 0.346 e. The number of sulfonamides is 1. The van der Waals surface area contributed by atoms with Gasteiger partial charge in [-0.3, -0.25) is 4.79 Å². The van der Waals surface area contributed by atoms with Crippen molar-refractivity contribution in [3.05, 3.63) is 30.1 Å². The summed E-state index contributed by atoms with van der Waals surface area (Å²) >= 11 is 0. The van der Waals surface area contributed by atoms with Gasteiger partial charge in [0, 0.05) is 37.3 Å². The van der Waals surface area contributed by atoms with Gasteiger partial charge in [-0.15, -0.1) is 0 Å². The summed E-state index contributed by atoms with van der Waals surface area (Å²) in [6.07, 6.45) is 3.40. The van der Waals surface area contributed by atoms with E-state index in [0.29, 0.717) is 6.54 Å². The van der Waals surface area contributed by atoms with Gasteiger partial charge in [-0.1, -0.05) is 0 Å². The van der Waals surface area contributed by atoms with Crippen molar-refractivity contribution in [1.29, 1.82) is 0 Å². The highest BCUT2D eigenvalue weighted by atomic mass is 32.2. The van der Waals surface area contributed by atoms with E-state index in [2.05, 4.69) is 9.97 Å². The van der Waals surface area contributed by atoms with Crippen molar-refractivity contribution in [2.75, 3.05) is 6.54 Å². The molecule has 1 unspecified atom stereocenters. The smallest absolute Gasteiger partial charge is 0.224 e. The lowest BCUT2D eigenvalue weighted by Gasteiger charge is -2.16. The maximum absolute atomic E-state index is 11.9. The molecule has 2 aromatic rings. The van der Waals surface area contributed by atoms with E-state index >= 15 is 0 Å². The molecule has 3 N–H and O–H groups in total. The number of fused-ring (bicyclic) bond motifs is 1. The van der Waals surface area contributed by atoms with E-state index in [1.807, 2.05) is 12.1 Å². The average molecular weight is 294 g/mol. The molecule has 3 rings (SSSR count). The maximum Gasteiger partial charge on any atom is 0.224 e. The first kappa shape index (κ1) is 13.1. The number of carbonyl (C=O) groups excluding carboxylic acids is 1. The molecule has 1 atom stereocenters. The topological polar surface area (TPSA) is 109 Å². The Morgan fingerprint density at radius 1 is 1.45 bits per heavy atom. The highest BCUT2D eigenvalue weighted by Crippen LogP contribution is 2.22. The Morgan fingerprint density at radius 3 is 2.95 bits per heavy atom. The number of aromatic amines is 1. The quantitative estimate of drug-likeness (QED) is 0.827. The maximum atomic E-state index is 11.9. The van der Waals surface area contributed by atoms with Crippen molar-refractivity contribution < 1.29 is 13.2 Å². The molecule has 1 aliphatic rings. The molecule has 0 aliphatic carbocycles. The van der Waals surface area contributed by atoms with Gasteiger partial charge in [-0.2, -0.15) is 0 Å². The number of H-pyrrole nitrogens is 1. The third-order valence-electron chi connectivity index (χ3n) is 3.56. The molecule has 8 heteroatoms. The molecule has 0 radical (unpaired) electrons. The van der Waals surface area contributed by atoms with Crippen LogP contribution in [0.5, 0.6) is 0 Å². The van der Waals surface area contributed by atoms with Crippen LogP contribution >= 0.6 is 0 Å². The summed E-state index contributed by atoms with van der Waals surface area (Å²) in [6.45, 7) is 0.508. The lowest BCUT2D eigenvalue weighted by atomic mass is 10.2. The van der Waals surface area contributed by atoms with Crippen molar-refractivity contribution >= 4 is 27.0 Å². The Kier molecular flexibility index (Phi) is 2.98. The number of hydrogen-bond donors (Lipinski definition) is 2. The SMILES string of the molecule is NS(=O)(=O)C1CC(=O)N(Cc2ccnc3[nH]ccc23)C1. The monoisotopic (exact) mass is 294 g/mol. The lowest BCUT2D eigenvalue weighted by Crippen LogP contribution is -2.31. The summed E-state index contributed by atoms with van der Waals surface area (Å²) in [5.41, 5.74) is 1.68. The molecule has 1 fully saturated rings. The molecule has 0 bridgehead atoms. The summed E-state index contributed by atoms with van der Waals surface area (Å²) in [5.74, 6) is -0.190. The number of primary sulfonamides is 1. The number of aromatic nitrogens is 2. The zero-order valence-corrected chi connectivity index (χ0v) is 11.4. The molecule has 0 aromatic carbocycles. The normalized spacial score (nSPS) is 19.9. The Hall–Kier alpha value is -1.93. The number of nitrogens with two attached hydrogens (primary N) is 1. The molecule has 0 saturated carbocycles. The number of likely N-dealkylation sites (tertiary alicyclic amines) is 1. The zero-order valence-electron chi connectivity index (χ0n) is 10.6. The minimum atomic E-state index is -3.67. The summed E-state index contributed by atoms with van der Waals surface area (Å²) < 4.78 is 22.7. The minimum Gasteiger partial charge on any atom is -0.346 e. The predicted molar refractivity (Wildman–Crippen MR) is 73.0 cm³/mol. The van der Waals surface area contributed by atoms with Crippen LogP contribution in [0.4, 0.5) is 0 Å². The van der Waals surface area contributed by atoms with E-state index in [0.717, 1.165) is 16.6 Å². The fraction of sp³-hybridized carbons (Fsp3) is 0.333. The number of carbonyl (C=O) groups is 1. The van der Waals surface area contributed by atoms with Crippen LogP contribution in [0.25, 0.3) is 11.0 Å². The average Bonchev–Trinajstić information content (AvgIpc) is 2.96. The summed E-state index contributed by atoms with van der Waals surface area (Å²) in [5, 5.41) is 5.23. The standard InChI is InChI=1S/C12H14N4O3S/c13-20(18,19)9-5-11(17)16(7-9)6-8-1-3-14-12-10(8)2-4-15-12/h1-4,9H,5-7H2,(H,14,15)(H2,13,18,19). The Morgan fingerprint density at radius 2 is 2.25 bits per heavy atom. The van der Waals surface area contributed by atoms with E-state index in [9.17, 15) is 13.2 Å². The van der Waals surface area contributed by atoms with Gasteiger partial charge in [-0.25, -0.2) is 18.5 Å². The first-order chi connectivity index (χ1) is 9.45. The van der Waals surface area contributed by atoms with Crippen molar-refractivity contribution in [3.8, 4) is 0 Å². The van der Waals surface area contributed by atoms with E-state index in [4.69, 9.17) is 5.14 Å². The summed E-state index contributed by atoms with van der Waals surface area (Å²) in [4.78, 5) is 20.6.